The Hall–Kier alpha value is -3.44. The van der Waals surface area contributed by atoms with Crippen LogP contribution in [0.3, 0.4) is 0 Å². The van der Waals surface area contributed by atoms with E-state index in [2.05, 4.69) is 24.3 Å². The fourth-order valence-corrected chi connectivity index (χ4v) is 4.37. The largest absolute Gasteiger partial charge is 0.481 e. The Kier molecular flexibility index (Phi) is 6.14. The van der Waals surface area contributed by atoms with Crippen LogP contribution in [0.1, 0.15) is 41.4 Å². The molecule has 5 nitrogen and oxygen atoms in total. The lowest BCUT2D eigenvalue weighted by atomic mass is 9.89. The van der Waals surface area contributed by atoms with Crippen molar-refractivity contribution >= 4 is 11.9 Å². The Labute approximate surface area is 181 Å². The SMILES string of the molecule is N[C@H](CCC(=O)O)[C@H](C(=O)OCC1c2ccccc2-c2ccccc21)c1ccccc1. The van der Waals surface area contributed by atoms with E-state index in [1.165, 1.54) is 0 Å². The molecule has 0 aliphatic heterocycles. The quantitative estimate of drug-likeness (QED) is 0.535. The van der Waals surface area contributed by atoms with Crippen molar-refractivity contribution in [2.24, 2.45) is 5.73 Å². The molecule has 1 aliphatic carbocycles. The minimum Gasteiger partial charge on any atom is -0.481 e. The number of nitrogens with two attached hydrogens (primary N) is 1. The van der Waals surface area contributed by atoms with Gasteiger partial charge in [-0.2, -0.15) is 0 Å². The first-order chi connectivity index (χ1) is 15.1. The summed E-state index contributed by atoms with van der Waals surface area (Å²) in [5, 5.41) is 9.01. The van der Waals surface area contributed by atoms with E-state index >= 15 is 0 Å². The van der Waals surface area contributed by atoms with Crippen molar-refractivity contribution in [2.75, 3.05) is 6.61 Å². The molecule has 0 spiro atoms. The Balaban J connectivity index is 1.55. The van der Waals surface area contributed by atoms with E-state index in [9.17, 15) is 9.59 Å². The molecule has 3 aromatic rings. The molecule has 158 valence electrons. The van der Waals surface area contributed by atoms with E-state index in [1.807, 2.05) is 54.6 Å². The van der Waals surface area contributed by atoms with Gasteiger partial charge in [0.05, 0.1) is 5.92 Å². The summed E-state index contributed by atoms with van der Waals surface area (Å²) >= 11 is 0. The predicted molar refractivity (Wildman–Crippen MR) is 119 cm³/mol. The highest BCUT2D eigenvalue weighted by molar-refractivity contribution is 5.81. The third-order valence-corrected chi connectivity index (χ3v) is 5.89. The van der Waals surface area contributed by atoms with Crippen LogP contribution in [0.4, 0.5) is 0 Å². The van der Waals surface area contributed by atoms with Crippen LogP contribution in [0.25, 0.3) is 11.1 Å². The number of esters is 1. The van der Waals surface area contributed by atoms with Gasteiger partial charge in [-0.15, -0.1) is 0 Å². The first-order valence-corrected chi connectivity index (χ1v) is 10.4. The van der Waals surface area contributed by atoms with Crippen LogP contribution in [0.5, 0.6) is 0 Å². The number of hydrogen-bond acceptors (Lipinski definition) is 4. The van der Waals surface area contributed by atoms with Crippen molar-refractivity contribution in [1.29, 1.82) is 0 Å². The summed E-state index contributed by atoms with van der Waals surface area (Å²) in [6.07, 6.45) is 0.0975. The monoisotopic (exact) mass is 415 g/mol. The molecule has 1 aliphatic rings. The number of fused-ring (bicyclic) bond motifs is 3. The summed E-state index contributed by atoms with van der Waals surface area (Å²) < 4.78 is 5.82. The summed E-state index contributed by atoms with van der Waals surface area (Å²) in [6.45, 7) is 0.210. The van der Waals surface area contributed by atoms with Crippen molar-refractivity contribution in [3.05, 3.63) is 95.6 Å². The highest BCUT2D eigenvalue weighted by Crippen LogP contribution is 2.44. The van der Waals surface area contributed by atoms with Gasteiger partial charge in [0.1, 0.15) is 6.61 Å². The van der Waals surface area contributed by atoms with Crippen LogP contribution in [0.15, 0.2) is 78.9 Å². The number of aliphatic carboxylic acids is 1. The maximum atomic E-state index is 13.2. The van der Waals surface area contributed by atoms with Gasteiger partial charge in [0.2, 0.25) is 0 Å². The third kappa shape index (κ3) is 4.37. The molecule has 0 aromatic heterocycles. The summed E-state index contributed by atoms with van der Waals surface area (Å²) in [4.78, 5) is 24.2. The molecular weight excluding hydrogens is 390 g/mol. The third-order valence-electron chi connectivity index (χ3n) is 5.89. The van der Waals surface area contributed by atoms with E-state index in [1.54, 1.807) is 0 Å². The maximum absolute atomic E-state index is 13.2. The smallest absolute Gasteiger partial charge is 0.315 e. The normalized spacial score (nSPS) is 14.4. The Morgan fingerprint density at radius 1 is 0.871 bits per heavy atom. The van der Waals surface area contributed by atoms with Gasteiger partial charge >= 0.3 is 11.9 Å². The Morgan fingerprint density at radius 2 is 1.42 bits per heavy atom. The number of hydrogen-bond donors (Lipinski definition) is 2. The molecular formula is C26H25NO4. The highest BCUT2D eigenvalue weighted by Gasteiger charge is 2.33. The molecule has 3 N–H and O–H groups in total. The zero-order valence-electron chi connectivity index (χ0n) is 17.1. The summed E-state index contributed by atoms with van der Waals surface area (Å²) in [5.41, 5.74) is 11.6. The van der Waals surface area contributed by atoms with E-state index in [0.29, 0.717) is 0 Å². The zero-order valence-corrected chi connectivity index (χ0v) is 17.1. The zero-order chi connectivity index (χ0) is 21.8. The van der Waals surface area contributed by atoms with Gasteiger partial charge in [0.15, 0.2) is 0 Å². The second-order valence-corrected chi connectivity index (χ2v) is 7.84. The molecule has 31 heavy (non-hydrogen) atoms. The second-order valence-electron chi connectivity index (χ2n) is 7.84. The number of carbonyl (C=O) groups is 2. The lowest BCUT2D eigenvalue weighted by Crippen LogP contribution is -2.35. The van der Waals surface area contributed by atoms with Crippen LogP contribution in [0.2, 0.25) is 0 Å². The van der Waals surface area contributed by atoms with Gasteiger partial charge < -0.3 is 15.6 Å². The molecule has 0 amide bonds. The summed E-state index contributed by atoms with van der Waals surface area (Å²) in [5.74, 6) is -2.11. The number of carboxylic acids is 1. The minimum absolute atomic E-state index is 0.0389. The van der Waals surface area contributed by atoms with Crippen molar-refractivity contribution in [3.8, 4) is 11.1 Å². The molecule has 3 aromatic carbocycles. The van der Waals surface area contributed by atoms with Crippen molar-refractivity contribution in [3.63, 3.8) is 0 Å². The average molecular weight is 415 g/mol. The molecule has 0 radical (unpaired) electrons. The number of carboxylic acid groups (broad SMARTS) is 1. The van der Waals surface area contributed by atoms with Gasteiger partial charge in [-0.3, -0.25) is 9.59 Å². The first kappa shape index (κ1) is 20.8. The molecule has 0 saturated heterocycles. The van der Waals surface area contributed by atoms with E-state index < -0.39 is 23.9 Å². The minimum atomic E-state index is -0.935. The predicted octanol–water partition coefficient (Wildman–Crippen LogP) is 4.32. The average Bonchev–Trinajstić information content (AvgIpc) is 3.11. The molecule has 0 bridgehead atoms. The number of ether oxygens (including phenoxy) is 1. The lowest BCUT2D eigenvalue weighted by Gasteiger charge is -2.24. The van der Waals surface area contributed by atoms with E-state index in [-0.39, 0.29) is 25.4 Å². The maximum Gasteiger partial charge on any atom is 0.315 e. The molecule has 0 unspecified atom stereocenters. The van der Waals surface area contributed by atoms with Gasteiger partial charge in [0.25, 0.3) is 0 Å². The van der Waals surface area contributed by atoms with E-state index in [0.717, 1.165) is 27.8 Å². The molecule has 0 saturated carbocycles. The number of rotatable bonds is 8. The van der Waals surface area contributed by atoms with Crippen LogP contribution in [0, 0.1) is 0 Å². The van der Waals surface area contributed by atoms with Crippen LogP contribution in [-0.2, 0) is 14.3 Å². The highest BCUT2D eigenvalue weighted by atomic mass is 16.5. The Morgan fingerprint density at radius 3 is 2.00 bits per heavy atom. The molecule has 0 fully saturated rings. The van der Waals surface area contributed by atoms with Crippen LogP contribution < -0.4 is 5.73 Å². The van der Waals surface area contributed by atoms with Gasteiger partial charge in [0, 0.05) is 18.4 Å². The van der Waals surface area contributed by atoms with Crippen LogP contribution >= 0.6 is 0 Å². The summed E-state index contributed by atoms with van der Waals surface area (Å²) in [7, 11) is 0. The summed E-state index contributed by atoms with van der Waals surface area (Å²) in [6, 6.07) is 24.9. The molecule has 2 atom stereocenters. The topological polar surface area (TPSA) is 89.6 Å². The number of carbonyl (C=O) groups excluding carboxylic acids is 1. The first-order valence-electron chi connectivity index (χ1n) is 10.4. The van der Waals surface area contributed by atoms with Gasteiger partial charge in [-0.25, -0.2) is 0 Å². The lowest BCUT2D eigenvalue weighted by molar-refractivity contribution is -0.147. The number of benzene rings is 3. The molecule has 5 heteroatoms. The van der Waals surface area contributed by atoms with Crippen LogP contribution in [-0.4, -0.2) is 29.7 Å². The second kappa shape index (κ2) is 9.14. The van der Waals surface area contributed by atoms with E-state index in [4.69, 9.17) is 15.6 Å². The fraction of sp³-hybridized carbons (Fsp3) is 0.231. The molecule has 0 heterocycles. The van der Waals surface area contributed by atoms with Gasteiger partial charge in [-0.1, -0.05) is 78.9 Å². The fourth-order valence-electron chi connectivity index (χ4n) is 4.37. The van der Waals surface area contributed by atoms with Crippen molar-refractivity contribution in [2.45, 2.75) is 30.7 Å². The Bertz CT molecular complexity index is 1030. The van der Waals surface area contributed by atoms with Crippen molar-refractivity contribution in [1.82, 2.24) is 0 Å². The standard InChI is InChI=1S/C26H25NO4/c27-23(14-15-24(28)29)25(17-8-2-1-3-9-17)26(30)31-16-22-20-12-6-4-10-18(20)19-11-5-7-13-21(19)22/h1-13,22-23,25H,14-16,27H2,(H,28,29)/t23-,25-/m1/s1. The van der Waals surface area contributed by atoms with Gasteiger partial charge in [-0.05, 0) is 34.2 Å². The van der Waals surface area contributed by atoms with Crippen molar-refractivity contribution < 1.29 is 19.4 Å². The molecule has 4 rings (SSSR count).